The van der Waals surface area contributed by atoms with E-state index in [1.54, 1.807) is 0 Å². The molecule has 0 aliphatic carbocycles. The standard InChI is InChI=1S/C8H6ClFO3/c9-6-2-1-5(10)3-7(6)13-4-8(11)12/h1-3H,4H2,(H,11,12). The Kier molecular flexibility index (Phi) is 3.08. The highest BCUT2D eigenvalue weighted by molar-refractivity contribution is 6.32. The first-order valence-electron chi connectivity index (χ1n) is 3.39. The van der Waals surface area contributed by atoms with Crippen LogP contribution >= 0.6 is 11.6 Å². The minimum atomic E-state index is -1.14. The molecule has 0 heterocycles. The summed E-state index contributed by atoms with van der Waals surface area (Å²) in [5.74, 6) is -1.63. The van der Waals surface area contributed by atoms with Gasteiger partial charge < -0.3 is 9.84 Å². The summed E-state index contributed by atoms with van der Waals surface area (Å²) in [7, 11) is 0. The molecular weight excluding hydrogens is 199 g/mol. The second kappa shape index (κ2) is 4.09. The van der Waals surface area contributed by atoms with Crippen LogP contribution in [0.2, 0.25) is 5.02 Å². The summed E-state index contributed by atoms with van der Waals surface area (Å²) < 4.78 is 17.3. The molecule has 0 saturated heterocycles. The summed E-state index contributed by atoms with van der Waals surface area (Å²) in [4.78, 5) is 10.1. The molecule has 0 aliphatic heterocycles. The fraction of sp³-hybridized carbons (Fsp3) is 0.125. The molecule has 0 bridgehead atoms. The van der Waals surface area contributed by atoms with Gasteiger partial charge in [0, 0.05) is 6.07 Å². The lowest BCUT2D eigenvalue weighted by Gasteiger charge is -2.04. The third-order valence-electron chi connectivity index (χ3n) is 1.24. The van der Waals surface area contributed by atoms with E-state index in [1.165, 1.54) is 6.07 Å². The number of hydrogen-bond donors (Lipinski definition) is 1. The summed E-state index contributed by atoms with van der Waals surface area (Å²) in [6.45, 7) is -0.539. The lowest BCUT2D eigenvalue weighted by atomic mass is 10.3. The molecule has 1 rings (SSSR count). The van der Waals surface area contributed by atoms with Gasteiger partial charge in [-0.2, -0.15) is 0 Å². The molecule has 0 saturated carbocycles. The Bertz CT molecular complexity index is 327. The highest BCUT2D eigenvalue weighted by Crippen LogP contribution is 2.24. The summed E-state index contributed by atoms with van der Waals surface area (Å²) in [5.41, 5.74) is 0. The van der Waals surface area contributed by atoms with Crippen LogP contribution in [-0.4, -0.2) is 17.7 Å². The van der Waals surface area contributed by atoms with Gasteiger partial charge in [-0.25, -0.2) is 9.18 Å². The first-order chi connectivity index (χ1) is 6.09. The molecule has 0 unspecified atom stereocenters. The van der Waals surface area contributed by atoms with Crippen molar-refractivity contribution < 1.29 is 19.0 Å². The second-order valence-corrected chi connectivity index (χ2v) is 2.66. The molecule has 1 N–H and O–H groups in total. The van der Waals surface area contributed by atoms with E-state index in [2.05, 4.69) is 0 Å². The summed E-state index contributed by atoms with van der Waals surface area (Å²) in [5, 5.41) is 8.46. The molecule has 0 spiro atoms. The van der Waals surface area contributed by atoms with Crippen LogP contribution in [0.1, 0.15) is 0 Å². The molecular formula is C8H6ClFO3. The first kappa shape index (κ1) is 9.80. The highest BCUT2D eigenvalue weighted by atomic mass is 35.5. The Hall–Kier alpha value is -1.29. The SMILES string of the molecule is O=C(O)COc1cc(F)ccc1Cl. The van der Waals surface area contributed by atoms with Crippen molar-refractivity contribution in [1.82, 2.24) is 0 Å². The van der Waals surface area contributed by atoms with Crippen molar-refractivity contribution in [2.45, 2.75) is 0 Å². The van der Waals surface area contributed by atoms with Crippen LogP contribution in [0.5, 0.6) is 5.75 Å². The molecule has 0 amide bonds. The van der Waals surface area contributed by atoms with Crippen molar-refractivity contribution in [2.75, 3.05) is 6.61 Å². The van der Waals surface area contributed by atoms with Crippen molar-refractivity contribution in [3.05, 3.63) is 29.0 Å². The molecule has 0 radical (unpaired) electrons. The average molecular weight is 205 g/mol. The van der Waals surface area contributed by atoms with Gasteiger partial charge in [-0.3, -0.25) is 0 Å². The normalized spacial score (nSPS) is 9.69. The quantitative estimate of drug-likeness (QED) is 0.819. The van der Waals surface area contributed by atoms with Gasteiger partial charge in [-0.1, -0.05) is 11.6 Å². The van der Waals surface area contributed by atoms with E-state index in [1.807, 2.05) is 0 Å². The molecule has 5 heteroatoms. The first-order valence-corrected chi connectivity index (χ1v) is 3.77. The lowest BCUT2D eigenvalue weighted by Crippen LogP contribution is -2.09. The predicted molar refractivity (Wildman–Crippen MR) is 44.5 cm³/mol. The molecule has 0 aromatic heterocycles. The number of aliphatic carboxylic acids is 1. The minimum Gasteiger partial charge on any atom is -0.480 e. The summed E-state index contributed by atoms with van der Waals surface area (Å²) >= 11 is 5.60. The van der Waals surface area contributed by atoms with E-state index in [0.29, 0.717) is 0 Å². The van der Waals surface area contributed by atoms with Crippen molar-refractivity contribution >= 4 is 17.6 Å². The third-order valence-corrected chi connectivity index (χ3v) is 1.56. The Labute approximate surface area is 78.7 Å². The zero-order valence-corrected chi connectivity index (χ0v) is 7.21. The number of carboxylic acid groups (broad SMARTS) is 1. The van der Waals surface area contributed by atoms with Gasteiger partial charge in [0.15, 0.2) is 6.61 Å². The van der Waals surface area contributed by atoms with E-state index >= 15 is 0 Å². The zero-order chi connectivity index (χ0) is 9.84. The Balaban J connectivity index is 2.75. The van der Waals surface area contributed by atoms with E-state index in [9.17, 15) is 9.18 Å². The fourth-order valence-corrected chi connectivity index (χ4v) is 0.899. The molecule has 0 atom stereocenters. The number of halogens is 2. The van der Waals surface area contributed by atoms with E-state index in [-0.39, 0.29) is 10.8 Å². The minimum absolute atomic E-state index is 0.0315. The lowest BCUT2D eigenvalue weighted by molar-refractivity contribution is -0.139. The highest BCUT2D eigenvalue weighted by Gasteiger charge is 2.05. The van der Waals surface area contributed by atoms with Gasteiger partial charge in [0.1, 0.15) is 11.6 Å². The summed E-state index contributed by atoms with van der Waals surface area (Å²) in [6, 6.07) is 3.50. The number of hydrogen-bond acceptors (Lipinski definition) is 2. The monoisotopic (exact) mass is 204 g/mol. The van der Waals surface area contributed by atoms with Crippen LogP contribution in [0.4, 0.5) is 4.39 Å². The van der Waals surface area contributed by atoms with Gasteiger partial charge >= 0.3 is 5.97 Å². The smallest absolute Gasteiger partial charge is 0.341 e. The van der Waals surface area contributed by atoms with E-state index in [0.717, 1.165) is 12.1 Å². The van der Waals surface area contributed by atoms with Crippen molar-refractivity contribution in [3.8, 4) is 5.75 Å². The molecule has 1 aromatic rings. The Morgan fingerprint density at radius 1 is 1.62 bits per heavy atom. The van der Waals surface area contributed by atoms with Gasteiger partial charge in [0.05, 0.1) is 5.02 Å². The maximum absolute atomic E-state index is 12.6. The maximum Gasteiger partial charge on any atom is 0.341 e. The van der Waals surface area contributed by atoms with Gasteiger partial charge in [0.25, 0.3) is 0 Å². The maximum atomic E-state index is 12.6. The van der Waals surface area contributed by atoms with Crippen molar-refractivity contribution in [3.63, 3.8) is 0 Å². The predicted octanol–water partition coefficient (Wildman–Crippen LogP) is 1.94. The van der Waals surface area contributed by atoms with Crippen LogP contribution in [0.25, 0.3) is 0 Å². The second-order valence-electron chi connectivity index (χ2n) is 2.26. The van der Waals surface area contributed by atoms with Crippen molar-refractivity contribution in [2.24, 2.45) is 0 Å². The van der Waals surface area contributed by atoms with Gasteiger partial charge in [0.2, 0.25) is 0 Å². The van der Waals surface area contributed by atoms with Crippen LogP contribution in [-0.2, 0) is 4.79 Å². The van der Waals surface area contributed by atoms with Crippen LogP contribution in [0, 0.1) is 5.82 Å². The molecule has 0 fully saturated rings. The fourth-order valence-electron chi connectivity index (χ4n) is 0.727. The number of rotatable bonds is 3. The average Bonchev–Trinajstić information content (AvgIpc) is 2.06. The van der Waals surface area contributed by atoms with Crippen LogP contribution in [0.15, 0.2) is 18.2 Å². The van der Waals surface area contributed by atoms with Crippen molar-refractivity contribution in [1.29, 1.82) is 0 Å². The molecule has 70 valence electrons. The van der Waals surface area contributed by atoms with E-state index < -0.39 is 18.4 Å². The molecule has 3 nitrogen and oxygen atoms in total. The van der Waals surface area contributed by atoms with Gasteiger partial charge in [-0.15, -0.1) is 0 Å². The number of ether oxygens (including phenoxy) is 1. The van der Waals surface area contributed by atoms with Gasteiger partial charge in [-0.05, 0) is 12.1 Å². The number of carbonyl (C=O) groups is 1. The third kappa shape index (κ3) is 2.91. The zero-order valence-electron chi connectivity index (χ0n) is 6.46. The Morgan fingerprint density at radius 3 is 2.92 bits per heavy atom. The van der Waals surface area contributed by atoms with E-state index in [4.69, 9.17) is 21.4 Å². The molecule has 1 aromatic carbocycles. The topological polar surface area (TPSA) is 46.5 Å². The Morgan fingerprint density at radius 2 is 2.31 bits per heavy atom. The van der Waals surface area contributed by atoms with Crippen LogP contribution < -0.4 is 4.74 Å². The van der Waals surface area contributed by atoms with Crippen LogP contribution in [0.3, 0.4) is 0 Å². The molecule has 13 heavy (non-hydrogen) atoms. The summed E-state index contributed by atoms with van der Waals surface area (Å²) in [6.07, 6.45) is 0. The molecule has 0 aliphatic rings. The number of carboxylic acids is 1. The largest absolute Gasteiger partial charge is 0.480 e. The number of benzene rings is 1.